The standard InChI is InChI=1S/C9H12O4/c1-7-3-10-9(11-4-7)12-5-8(2)6-13-9/h3,5H,4,6H2,1-2H3. The van der Waals surface area contributed by atoms with Crippen LogP contribution in [0, 0.1) is 0 Å². The Morgan fingerprint density at radius 3 is 1.77 bits per heavy atom. The van der Waals surface area contributed by atoms with E-state index in [2.05, 4.69) is 0 Å². The lowest BCUT2D eigenvalue weighted by atomic mass is 10.3. The van der Waals surface area contributed by atoms with Gasteiger partial charge in [0.1, 0.15) is 0 Å². The summed E-state index contributed by atoms with van der Waals surface area (Å²) in [5.74, 6) is 0. The quantitative estimate of drug-likeness (QED) is 0.571. The van der Waals surface area contributed by atoms with Crippen molar-refractivity contribution in [1.29, 1.82) is 0 Å². The van der Waals surface area contributed by atoms with Crippen molar-refractivity contribution in [3.05, 3.63) is 23.7 Å². The minimum atomic E-state index is -1.33. The Morgan fingerprint density at radius 1 is 1.00 bits per heavy atom. The fourth-order valence-corrected chi connectivity index (χ4v) is 1.02. The lowest BCUT2D eigenvalue weighted by Crippen LogP contribution is -2.44. The maximum absolute atomic E-state index is 5.29. The zero-order valence-electron chi connectivity index (χ0n) is 7.70. The van der Waals surface area contributed by atoms with E-state index in [-0.39, 0.29) is 0 Å². The molecule has 0 saturated carbocycles. The fraction of sp³-hybridized carbons (Fsp3) is 0.556. The average molecular weight is 184 g/mol. The van der Waals surface area contributed by atoms with Crippen LogP contribution in [0.1, 0.15) is 13.8 Å². The van der Waals surface area contributed by atoms with Gasteiger partial charge < -0.3 is 9.47 Å². The summed E-state index contributed by atoms with van der Waals surface area (Å²) < 4.78 is 21.0. The molecule has 0 bridgehead atoms. The third kappa shape index (κ3) is 1.68. The summed E-state index contributed by atoms with van der Waals surface area (Å²) >= 11 is 0. The molecule has 0 saturated heterocycles. The molecule has 0 aromatic rings. The first-order valence-electron chi connectivity index (χ1n) is 4.15. The number of ether oxygens (including phenoxy) is 4. The van der Waals surface area contributed by atoms with Crippen LogP contribution >= 0.6 is 0 Å². The van der Waals surface area contributed by atoms with Gasteiger partial charge in [-0.2, -0.15) is 0 Å². The van der Waals surface area contributed by atoms with E-state index in [1.54, 1.807) is 12.5 Å². The van der Waals surface area contributed by atoms with Crippen LogP contribution in [-0.2, 0) is 18.9 Å². The molecular formula is C9H12O4. The van der Waals surface area contributed by atoms with E-state index in [1.165, 1.54) is 0 Å². The Balaban J connectivity index is 2.08. The van der Waals surface area contributed by atoms with Gasteiger partial charge in [-0.05, 0) is 25.0 Å². The minimum Gasteiger partial charge on any atom is -0.414 e. The molecule has 0 aromatic heterocycles. The van der Waals surface area contributed by atoms with Crippen LogP contribution in [0.15, 0.2) is 23.7 Å². The van der Waals surface area contributed by atoms with Gasteiger partial charge in [0.25, 0.3) is 0 Å². The van der Waals surface area contributed by atoms with Crippen molar-refractivity contribution in [2.45, 2.75) is 20.0 Å². The Labute approximate surface area is 76.7 Å². The fourth-order valence-electron chi connectivity index (χ4n) is 1.02. The van der Waals surface area contributed by atoms with E-state index in [0.717, 1.165) is 11.1 Å². The van der Waals surface area contributed by atoms with Crippen molar-refractivity contribution in [2.75, 3.05) is 13.2 Å². The smallest absolute Gasteiger partial charge is 0.414 e. The van der Waals surface area contributed by atoms with Crippen LogP contribution in [-0.4, -0.2) is 19.4 Å². The van der Waals surface area contributed by atoms with E-state index < -0.39 is 6.16 Å². The van der Waals surface area contributed by atoms with Crippen molar-refractivity contribution in [3.63, 3.8) is 0 Å². The Hall–Kier alpha value is -1.00. The normalized spacial score (nSPS) is 25.7. The average Bonchev–Trinajstić information content (AvgIpc) is 2.16. The molecule has 1 spiro atoms. The molecule has 0 fully saturated rings. The summed E-state index contributed by atoms with van der Waals surface area (Å²) in [7, 11) is 0. The van der Waals surface area contributed by atoms with Gasteiger partial charge >= 0.3 is 6.16 Å². The summed E-state index contributed by atoms with van der Waals surface area (Å²) in [5.41, 5.74) is 2.01. The van der Waals surface area contributed by atoms with Crippen LogP contribution in [0.4, 0.5) is 0 Å². The second kappa shape index (κ2) is 3.05. The van der Waals surface area contributed by atoms with E-state index in [0.29, 0.717) is 13.2 Å². The summed E-state index contributed by atoms with van der Waals surface area (Å²) in [6.07, 6.45) is 1.86. The first-order chi connectivity index (χ1) is 6.20. The van der Waals surface area contributed by atoms with Crippen molar-refractivity contribution in [1.82, 2.24) is 0 Å². The van der Waals surface area contributed by atoms with Gasteiger partial charge in [0.05, 0.1) is 25.7 Å². The minimum absolute atomic E-state index is 0.465. The molecule has 72 valence electrons. The highest BCUT2D eigenvalue weighted by Gasteiger charge is 2.41. The highest BCUT2D eigenvalue weighted by atomic mass is 17.0. The predicted octanol–water partition coefficient (Wildman–Crippen LogP) is 1.50. The number of hydrogen-bond acceptors (Lipinski definition) is 4. The first-order valence-corrected chi connectivity index (χ1v) is 4.15. The third-order valence-corrected chi connectivity index (χ3v) is 1.76. The first kappa shape index (κ1) is 8.59. The van der Waals surface area contributed by atoms with Gasteiger partial charge in [0.2, 0.25) is 0 Å². The van der Waals surface area contributed by atoms with Crippen LogP contribution in [0.5, 0.6) is 0 Å². The van der Waals surface area contributed by atoms with Crippen LogP contribution in [0.25, 0.3) is 0 Å². The predicted molar refractivity (Wildman–Crippen MR) is 44.3 cm³/mol. The van der Waals surface area contributed by atoms with Crippen molar-refractivity contribution < 1.29 is 18.9 Å². The van der Waals surface area contributed by atoms with Crippen molar-refractivity contribution in [3.8, 4) is 0 Å². The third-order valence-electron chi connectivity index (χ3n) is 1.76. The maximum Gasteiger partial charge on any atom is 0.509 e. The molecule has 4 heteroatoms. The molecule has 4 nitrogen and oxygen atoms in total. The van der Waals surface area contributed by atoms with Gasteiger partial charge in [-0.1, -0.05) is 0 Å². The van der Waals surface area contributed by atoms with Crippen molar-refractivity contribution >= 4 is 0 Å². The van der Waals surface area contributed by atoms with Gasteiger partial charge in [0.15, 0.2) is 0 Å². The summed E-state index contributed by atoms with van der Waals surface area (Å²) in [4.78, 5) is 0. The van der Waals surface area contributed by atoms with E-state index in [4.69, 9.17) is 18.9 Å². The molecule has 2 aliphatic rings. The molecule has 2 heterocycles. The summed E-state index contributed by atoms with van der Waals surface area (Å²) in [6.45, 7) is 4.76. The van der Waals surface area contributed by atoms with Gasteiger partial charge in [-0.15, -0.1) is 0 Å². The second-order valence-electron chi connectivity index (χ2n) is 3.24. The Morgan fingerprint density at radius 2 is 1.46 bits per heavy atom. The largest absolute Gasteiger partial charge is 0.509 e. The highest BCUT2D eigenvalue weighted by molar-refractivity contribution is 4.99. The number of hydrogen-bond donors (Lipinski definition) is 0. The zero-order valence-corrected chi connectivity index (χ0v) is 7.70. The molecule has 0 aromatic carbocycles. The summed E-state index contributed by atoms with van der Waals surface area (Å²) in [6, 6.07) is 0. The van der Waals surface area contributed by atoms with Crippen LogP contribution < -0.4 is 0 Å². The Kier molecular flexibility index (Phi) is 2.01. The molecule has 0 amide bonds. The lowest BCUT2D eigenvalue weighted by molar-refractivity contribution is -0.477. The van der Waals surface area contributed by atoms with Crippen LogP contribution in [0.2, 0.25) is 0 Å². The number of rotatable bonds is 0. The monoisotopic (exact) mass is 184 g/mol. The van der Waals surface area contributed by atoms with E-state index >= 15 is 0 Å². The molecule has 0 N–H and O–H groups in total. The molecule has 0 radical (unpaired) electrons. The molecule has 13 heavy (non-hydrogen) atoms. The second-order valence-corrected chi connectivity index (χ2v) is 3.24. The van der Waals surface area contributed by atoms with Gasteiger partial charge in [-0.25, -0.2) is 0 Å². The molecular weight excluding hydrogens is 172 g/mol. The molecule has 2 rings (SSSR count). The topological polar surface area (TPSA) is 36.9 Å². The molecule has 0 atom stereocenters. The Bertz CT molecular complexity index is 239. The molecule has 0 aliphatic carbocycles. The SMILES string of the molecule is CC1=COC2(OC=C(C)CO2)OC1. The van der Waals surface area contributed by atoms with E-state index in [1.807, 2.05) is 13.8 Å². The van der Waals surface area contributed by atoms with Crippen LogP contribution in [0.3, 0.4) is 0 Å². The summed E-state index contributed by atoms with van der Waals surface area (Å²) in [5, 5.41) is 0. The van der Waals surface area contributed by atoms with Gasteiger partial charge in [0, 0.05) is 0 Å². The van der Waals surface area contributed by atoms with Gasteiger partial charge in [-0.3, -0.25) is 9.47 Å². The van der Waals surface area contributed by atoms with E-state index in [9.17, 15) is 0 Å². The maximum atomic E-state index is 5.29. The lowest BCUT2D eigenvalue weighted by Gasteiger charge is -2.35. The van der Waals surface area contributed by atoms with Crippen molar-refractivity contribution in [2.24, 2.45) is 0 Å². The molecule has 2 aliphatic heterocycles. The highest BCUT2D eigenvalue weighted by Crippen LogP contribution is 2.27. The molecule has 0 unspecified atom stereocenters. The zero-order chi connectivity index (χ0) is 9.31.